The molecule has 0 saturated heterocycles. The van der Waals surface area contributed by atoms with Gasteiger partial charge in [-0.15, -0.1) is 0 Å². The summed E-state index contributed by atoms with van der Waals surface area (Å²) in [5, 5.41) is 3.59. The standard InChI is InChI=1S/C18H28N2/c1-14-9-10-18-16(12-14)8-5-11-20(18)13-17(19-2)15-6-3-4-7-15/h9-10,12,15,17,19H,3-8,11,13H2,1-2H3. The van der Waals surface area contributed by atoms with Crippen LogP contribution < -0.4 is 10.2 Å². The molecule has 3 rings (SSSR count). The summed E-state index contributed by atoms with van der Waals surface area (Å²) in [6.07, 6.45) is 8.25. The van der Waals surface area contributed by atoms with Crippen LogP contribution in [0, 0.1) is 12.8 Å². The van der Waals surface area contributed by atoms with Crippen LogP contribution in [0.3, 0.4) is 0 Å². The summed E-state index contributed by atoms with van der Waals surface area (Å²) in [6.45, 7) is 4.60. The molecule has 1 saturated carbocycles. The van der Waals surface area contributed by atoms with Crippen molar-refractivity contribution in [2.75, 3.05) is 25.0 Å². The van der Waals surface area contributed by atoms with E-state index in [-0.39, 0.29) is 0 Å². The Balaban J connectivity index is 1.74. The first-order valence-corrected chi connectivity index (χ1v) is 8.29. The van der Waals surface area contributed by atoms with Crippen LogP contribution in [0.25, 0.3) is 0 Å². The molecule has 1 unspecified atom stereocenters. The Kier molecular flexibility index (Phi) is 4.30. The zero-order chi connectivity index (χ0) is 13.9. The molecule has 1 heterocycles. The molecule has 2 heteroatoms. The molecule has 1 aliphatic carbocycles. The van der Waals surface area contributed by atoms with E-state index in [1.54, 1.807) is 5.56 Å². The molecule has 1 fully saturated rings. The molecule has 110 valence electrons. The normalized spacial score (nSPS) is 21.0. The molecule has 0 amide bonds. The third kappa shape index (κ3) is 2.85. The Hall–Kier alpha value is -1.02. The van der Waals surface area contributed by atoms with Crippen molar-refractivity contribution >= 4 is 5.69 Å². The smallest absolute Gasteiger partial charge is 0.0399 e. The topological polar surface area (TPSA) is 15.3 Å². The van der Waals surface area contributed by atoms with Gasteiger partial charge in [-0.3, -0.25) is 0 Å². The molecule has 1 aromatic carbocycles. The van der Waals surface area contributed by atoms with E-state index in [2.05, 4.69) is 42.4 Å². The molecule has 1 aliphatic heterocycles. The van der Waals surface area contributed by atoms with Crippen LogP contribution in [-0.4, -0.2) is 26.2 Å². The van der Waals surface area contributed by atoms with Crippen LogP contribution >= 0.6 is 0 Å². The van der Waals surface area contributed by atoms with E-state index >= 15 is 0 Å². The zero-order valence-corrected chi connectivity index (χ0v) is 13.0. The van der Waals surface area contributed by atoms with Crippen molar-refractivity contribution in [3.05, 3.63) is 29.3 Å². The quantitative estimate of drug-likeness (QED) is 0.902. The van der Waals surface area contributed by atoms with Gasteiger partial charge in [0.25, 0.3) is 0 Å². The highest BCUT2D eigenvalue weighted by Gasteiger charge is 2.27. The highest BCUT2D eigenvalue weighted by Crippen LogP contribution is 2.31. The summed E-state index contributed by atoms with van der Waals surface area (Å²) in [5.41, 5.74) is 4.43. The Labute approximate surface area is 123 Å². The minimum atomic E-state index is 0.657. The van der Waals surface area contributed by atoms with Crippen molar-refractivity contribution in [1.82, 2.24) is 5.32 Å². The van der Waals surface area contributed by atoms with Gasteiger partial charge >= 0.3 is 0 Å². The average molecular weight is 272 g/mol. The van der Waals surface area contributed by atoms with Gasteiger partial charge in [-0.05, 0) is 57.2 Å². The van der Waals surface area contributed by atoms with Crippen molar-refractivity contribution in [3.8, 4) is 0 Å². The fourth-order valence-corrected chi connectivity index (χ4v) is 4.07. The molecule has 1 atom stereocenters. The lowest BCUT2D eigenvalue weighted by Crippen LogP contribution is -2.45. The molecular formula is C18H28N2. The molecule has 0 radical (unpaired) electrons. The van der Waals surface area contributed by atoms with Gasteiger partial charge in [-0.2, -0.15) is 0 Å². The third-order valence-electron chi connectivity index (χ3n) is 5.21. The number of benzene rings is 1. The maximum absolute atomic E-state index is 3.59. The van der Waals surface area contributed by atoms with Crippen molar-refractivity contribution in [3.63, 3.8) is 0 Å². The second-order valence-corrected chi connectivity index (χ2v) is 6.62. The van der Waals surface area contributed by atoms with E-state index in [0.717, 1.165) is 5.92 Å². The third-order valence-corrected chi connectivity index (χ3v) is 5.21. The van der Waals surface area contributed by atoms with Gasteiger partial charge in [0, 0.05) is 24.8 Å². The van der Waals surface area contributed by atoms with Gasteiger partial charge in [0.1, 0.15) is 0 Å². The summed E-state index contributed by atoms with van der Waals surface area (Å²) in [7, 11) is 2.14. The molecule has 20 heavy (non-hydrogen) atoms. The van der Waals surface area contributed by atoms with Crippen molar-refractivity contribution in [1.29, 1.82) is 0 Å². The predicted molar refractivity (Wildman–Crippen MR) is 86.5 cm³/mol. The van der Waals surface area contributed by atoms with Gasteiger partial charge in [0.15, 0.2) is 0 Å². The monoisotopic (exact) mass is 272 g/mol. The molecule has 2 nitrogen and oxygen atoms in total. The van der Waals surface area contributed by atoms with Gasteiger partial charge in [-0.1, -0.05) is 30.5 Å². The maximum Gasteiger partial charge on any atom is 0.0399 e. The largest absolute Gasteiger partial charge is 0.370 e. The number of fused-ring (bicyclic) bond motifs is 1. The van der Waals surface area contributed by atoms with Crippen LogP contribution in [0.4, 0.5) is 5.69 Å². The van der Waals surface area contributed by atoms with E-state index < -0.39 is 0 Å². The minimum absolute atomic E-state index is 0.657. The number of hydrogen-bond acceptors (Lipinski definition) is 2. The van der Waals surface area contributed by atoms with E-state index in [9.17, 15) is 0 Å². The first-order chi connectivity index (χ1) is 9.78. The fraction of sp³-hybridized carbons (Fsp3) is 0.667. The Morgan fingerprint density at radius 1 is 1.25 bits per heavy atom. The number of likely N-dealkylation sites (N-methyl/N-ethyl adjacent to an activating group) is 1. The Bertz CT molecular complexity index is 449. The van der Waals surface area contributed by atoms with E-state index in [1.807, 2.05) is 0 Å². The summed E-state index contributed by atoms with van der Waals surface area (Å²) in [4.78, 5) is 2.62. The predicted octanol–water partition coefficient (Wildman–Crippen LogP) is 3.53. The maximum atomic E-state index is 3.59. The molecule has 2 aliphatic rings. The summed E-state index contributed by atoms with van der Waals surface area (Å²) < 4.78 is 0. The van der Waals surface area contributed by atoms with Crippen LogP contribution in [0.15, 0.2) is 18.2 Å². The van der Waals surface area contributed by atoms with Crippen LogP contribution in [0.1, 0.15) is 43.2 Å². The second-order valence-electron chi connectivity index (χ2n) is 6.62. The van der Waals surface area contributed by atoms with Gasteiger partial charge < -0.3 is 10.2 Å². The lowest BCUT2D eigenvalue weighted by atomic mass is 9.95. The molecular weight excluding hydrogens is 244 g/mol. The van der Waals surface area contributed by atoms with E-state index in [1.165, 1.54) is 62.9 Å². The zero-order valence-electron chi connectivity index (χ0n) is 13.0. The number of rotatable bonds is 4. The van der Waals surface area contributed by atoms with Crippen molar-refractivity contribution in [2.45, 2.75) is 51.5 Å². The number of nitrogens with one attached hydrogen (secondary N) is 1. The van der Waals surface area contributed by atoms with E-state index in [4.69, 9.17) is 0 Å². The van der Waals surface area contributed by atoms with Crippen LogP contribution in [0.5, 0.6) is 0 Å². The number of nitrogens with zero attached hydrogens (tertiary/aromatic N) is 1. The summed E-state index contributed by atoms with van der Waals surface area (Å²) >= 11 is 0. The lowest BCUT2D eigenvalue weighted by molar-refractivity contribution is 0.375. The first-order valence-electron chi connectivity index (χ1n) is 8.29. The SMILES string of the molecule is CNC(CN1CCCc2cc(C)ccc21)C1CCCC1. The van der Waals surface area contributed by atoms with Crippen LogP contribution in [0.2, 0.25) is 0 Å². The molecule has 1 N–H and O–H groups in total. The molecule has 1 aromatic rings. The van der Waals surface area contributed by atoms with Gasteiger partial charge in [-0.25, -0.2) is 0 Å². The highest BCUT2D eigenvalue weighted by atomic mass is 15.2. The van der Waals surface area contributed by atoms with Gasteiger partial charge in [0.2, 0.25) is 0 Å². The molecule has 0 aromatic heterocycles. The molecule has 0 bridgehead atoms. The number of anilines is 1. The summed E-state index contributed by atoms with van der Waals surface area (Å²) in [5.74, 6) is 0.885. The number of aryl methyl sites for hydroxylation is 2. The van der Waals surface area contributed by atoms with Crippen LogP contribution in [-0.2, 0) is 6.42 Å². The highest BCUT2D eigenvalue weighted by molar-refractivity contribution is 5.56. The number of hydrogen-bond donors (Lipinski definition) is 1. The van der Waals surface area contributed by atoms with Gasteiger partial charge in [0.05, 0.1) is 0 Å². The molecule has 0 spiro atoms. The van der Waals surface area contributed by atoms with Crippen molar-refractivity contribution < 1.29 is 0 Å². The average Bonchev–Trinajstić information content (AvgIpc) is 2.98. The van der Waals surface area contributed by atoms with E-state index in [0.29, 0.717) is 6.04 Å². The Morgan fingerprint density at radius 2 is 2.05 bits per heavy atom. The van der Waals surface area contributed by atoms with Crippen molar-refractivity contribution in [2.24, 2.45) is 5.92 Å². The Morgan fingerprint density at radius 3 is 2.80 bits per heavy atom. The minimum Gasteiger partial charge on any atom is -0.370 e. The lowest BCUT2D eigenvalue weighted by Gasteiger charge is -2.36. The summed E-state index contributed by atoms with van der Waals surface area (Å²) in [6, 6.07) is 7.64. The second kappa shape index (κ2) is 6.17. The first kappa shape index (κ1) is 13.9. The fourth-order valence-electron chi connectivity index (χ4n) is 4.07.